The number of benzene rings is 1. The molecule has 1 aromatic heterocycles. The molecular formula is C9H5Br2N3. The zero-order chi connectivity index (χ0) is 10.1. The molecule has 1 N–H and O–H groups in total. The van der Waals surface area contributed by atoms with E-state index in [0.29, 0.717) is 6.42 Å². The lowest BCUT2D eigenvalue weighted by atomic mass is 10.2. The van der Waals surface area contributed by atoms with Crippen LogP contribution in [0, 0.1) is 11.3 Å². The molecule has 0 bridgehead atoms. The average molecular weight is 315 g/mol. The number of nitriles is 1. The Kier molecular flexibility index (Phi) is 2.57. The molecule has 5 heteroatoms. The molecule has 0 saturated carbocycles. The Hall–Kier alpha value is -0.860. The summed E-state index contributed by atoms with van der Waals surface area (Å²) in [6.07, 6.45) is 0.352. The molecule has 0 unspecified atom stereocenters. The number of fused-ring (bicyclic) bond motifs is 1. The third-order valence-electron chi connectivity index (χ3n) is 1.93. The minimum Gasteiger partial charge on any atom is -0.280 e. The predicted molar refractivity (Wildman–Crippen MR) is 60.8 cm³/mol. The number of aromatic nitrogens is 2. The fourth-order valence-electron chi connectivity index (χ4n) is 1.27. The van der Waals surface area contributed by atoms with Gasteiger partial charge in [-0.25, -0.2) is 0 Å². The van der Waals surface area contributed by atoms with Crippen molar-refractivity contribution in [3.8, 4) is 6.07 Å². The van der Waals surface area contributed by atoms with Crippen molar-refractivity contribution in [3.05, 3.63) is 26.8 Å². The Morgan fingerprint density at radius 3 is 2.79 bits per heavy atom. The molecule has 0 aliphatic heterocycles. The molecule has 0 spiro atoms. The second-order valence-corrected chi connectivity index (χ2v) is 4.53. The highest BCUT2D eigenvalue weighted by atomic mass is 79.9. The van der Waals surface area contributed by atoms with E-state index in [0.717, 1.165) is 25.5 Å². The summed E-state index contributed by atoms with van der Waals surface area (Å²) in [4.78, 5) is 0. The zero-order valence-corrected chi connectivity index (χ0v) is 10.2. The average Bonchev–Trinajstić information content (AvgIpc) is 2.51. The van der Waals surface area contributed by atoms with Crippen molar-refractivity contribution in [1.29, 1.82) is 5.26 Å². The first-order chi connectivity index (χ1) is 6.72. The van der Waals surface area contributed by atoms with Crippen LogP contribution in [0.2, 0.25) is 0 Å². The summed E-state index contributed by atoms with van der Waals surface area (Å²) in [6, 6.07) is 5.97. The first-order valence-corrected chi connectivity index (χ1v) is 5.50. The van der Waals surface area contributed by atoms with Crippen LogP contribution in [0.1, 0.15) is 5.69 Å². The van der Waals surface area contributed by atoms with Crippen molar-refractivity contribution in [2.75, 3.05) is 0 Å². The van der Waals surface area contributed by atoms with Gasteiger partial charge in [-0.1, -0.05) is 0 Å². The van der Waals surface area contributed by atoms with E-state index in [4.69, 9.17) is 5.26 Å². The van der Waals surface area contributed by atoms with Crippen LogP contribution in [-0.2, 0) is 6.42 Å². The van der Waals surface area contributed by atoms with E-state index in [9.17, 15) is 0 Å². The normalized spacial score (nSPS) is 10.4. The van der Waals surface area contributed by atoms with Crippen molar-refractivity contribution in [2.24, 2.45) is 0 Å². The largest absolute Gasteiger partial charge is 0.280 e. The van der Waals surface area contributed by atoms with Crippen LogP contribution in [-0.4, -0.2) is 10.2 Å². The number of aromatic amines is 1. The van der Waals surface area contributed by atoms with Crippen molar-refractivity contribution in [2.45, 2.75) is 6.42 Å². The van der Waals surface area contributed by atoms with Crippen molar-refractivity contribution < 1.29 is 0 Å². The summed E-state index contributed by atoms with van der Waals surface area (Å²) in [5.74, 6) is 0. The van der Waals surface area contributed by atoms with Gasteiger partial charge < -0.3 is 0 Å². The lowest BCUT2D eigenvalue weighted by Crippen LogP contribution is -1.81. The molecule has 2 aromatic rings. The first kappa shape index (κ1) is 9.69. The van der Waals surface area contributed by atoms with E-state index < -0.39 is 0 Å². The number of nitrogens with zero attached hydrogens (tertiary/aromatic N) is 2. The van der Waals surface area contributed by atoms with E-state index in [1.165, 1.54) is 0 Å². The maximum Gasteiger partial charge on any atom is 0.0936 e. The monoisotopic (exact) mass is 313 g/mol. The van der Waals surface area contributed by atoms with Gasteiger partial charge in [0.25, 0.3) is 0 Å². The number of nitrogens with one attached hydrogen (secondary N) is 1. The molecule has 0 radical (unpaired) electrons. The minimum absolute atomic E-state index is 0.352. The predicted octanol–water partition coefficient (Wildman–Crippen LogP) is 3.15. The highest BCUT2D eigenvalue weighted by Gasteiger charge is 2.07. The molecule has 70 valence electrons. The number of hydrogen-bond donors (Lipinski definition) is 1. The molecule has 0 amide bonds. The van der Waals surface area contributed by atoms with Crippen molar-refractivity contribution in [1.82, 2.24) is 10.2 Å². The number of H-pyrrole nitrogens is 1. The van der Waals surface area contributed by atoms with Gasteiger partial charge in [-0.3, -0.25) is 5.10 Å². The highest BCUT2D eigenvalue weighted by molar-refractivity contribution is 9.13. The Balaban J connectivity index is 2.69. The molecular weight excluding hydrogens is 310 g/mol. The second-order valence-electron chi connectivity index (χ2n) is 2.82. The molecule has 1 aromatic carbocycles. The maximum absolute atomic E-state index is 8.60. The number of halogens is 2. The molecule has 14 heavy (non-hydrogen) atoms. The SMILES string of the molecule is N#CCc1[nH]nc2cc(Br)c(Br)cc12. The summed E-state index contributed by atoms with van der Waals surface area (Å²) < 4.78 is 1.92. The Labute approximate surface area is 97.4 Å². The molecule has 1 heterocycles. The number of hydrogen-bond acceptors (Lipinski definition) is 2. The molecule has 0 fully saturated rings. The van der Waals surface area contributed by atoms with Gasteiger partial charge in [-0.2, -0.15) is 10.4 Å². The van der Waals surface area contributed by atoms with Gasteiger partial charge in [-0.15, -0.1) is 0 Å². The standard InChI is InChI=1S/C9H5Br2N3/c10-6-3-5-8(1-2-12)13-14-9(5)4-7(6)11/h3-4H,1H2,(H,13,14). The van der Waals surface area contributed by atoms with Gasteiger partial charge in [-0.05, 0) is 44.0 Å². The summed E-state index contributed by atoms with van der Waals surface area (Å²) in [7, 11) is 0. The Morgan fingerprint density at radius 1 is 1.36 bits per heavy atom. The van der Waals surface area contributed by atoms with Gasteiger partial charge in [0.15, 0.2) is 0 Å². The van der Waals surface area contributed by atoms with Crippen LogP contribution in [0.4, 0.5) is 0 Å². The fourth-order valence-corrected chi connectivity index (χ4v) is 1.95. The van der Waals surface area contributed by atoms with Crippen LogP contribution in [0.3, 0.4) is 0 Å². The van der Waals surface area contributed by atoms with Crippen LogP contribution in [0.5, 0.6) is 0 Å². The van der Waals surface area contributed by atoms with Gasteiger partial charge >= 0.3 is 0 Å². The maximum atomic E-state index is 8.60. The Morgan fingerprint density at radius 2 is 2.07 bits per heavy atom. The van der Waals surface area contributed by atoms with Gasteiger partial charge in [0, 0.05) is 14.3 Å². The lowest BCUT2D eigenvalue weighted by Gasteiger charge is -1.96. The summed E-state index contributed by atoms with van der Waals surface area (Å²) in [5.41, 5.74) is 1.72. The third kappa shape index (κ3) is 1.56. The Bertz CT molecular complexity index is 525. The van der Waals surface area contributed by atoms with Crippen molar-refractivity contribution >= 4 is 42.8 Å². The van der Waals surface area contributed by atoms with Gasteiger partial charge in [0.2, 0.25) is 0 Å². The van der Waals surface area contributed by atoms with E-state index >= 15 is 0 Å². The third-order valence-corrected chi connectivity index (χ3v) is 3.78. The van der Waals surface area contributed by atoms with Gasteiger partial charge in [0.1, 0.15) is 0 Å². The smallest absolute Gasteiger partial charge is 0.0936 e. The van der Waals surface area contributed by atoms with E-state index in [-0.39, 0.29) is 0 Å². The summed E-state index contributed by atoms with van der Waals surface area (Å²) >= 11 is 6.81. The zero-order valence-electron chi connectivity index (χ0n) is 7.01. The van der Waals surface area contributed by atoms with Crippen LogP contribution >= 0.6 is 31.9 Å². The number of rotatable bonds is 1. The fraction of sp³-hybridized carbons (Fsp3) is 0.111. The van der Waals surface area contributed by atoms with Crippen LogP contribution in [0.15, 0.2) is 21.1 Å². The molecule has 0 aliphatic rings. The van der Waals surface area contributed by atoms with Crippen molar-refractivity contribution in [3.63, 3.8) is 0 Å². The molecule has 0 aliphatic carbocycles. The summed E-state index contributed by atoms with van der Waals surface area (Å²) in [6.45, 7) is 0. The molecule has 2 rings (SSSR count). The van der Waals surface area contributed by atoms with Crippen LogP contribution in [0.25, 0.3) is 10.9 Å². The molecule has 0 atom stereocenters. The van der Waals surface area contributed by atoms with E-state index in [1.807, 2.05) is 12.1 Å². The molecule has 3 nitrogen and oxygen atoms in total. The van der Waals surface area contributed by atoms with Crippen LogP contribution < -0.4 is 0 Å². The first-order valence-electron chi connectivity index (χ1n) is 3.91. The second kappa shape index (κ2) is 3.71. The highest BCUT2D eigenvalue weighted by Crippen LogP contribution is 2.29. The minimum atomic E-state index is 0.352. The van der Waals surface area contributed by atoms with Gasteiger partial charge in [0.05, 0.1) is 23.7 Å². The topological polar surface area (TPSA) is 52.5 Å². The van der Waals surface area contributed by atoms with E-state index in [2.05, 4.69) is 48.1 Å². The lowest BCUT2D eigenvalue weighted by molar-refractivity contribution is 1.03. The quantitative estimate of drug-likeness (QED) is 0.879. The summed E-state index contributed by atoms with van der Waals surface area (Å²) in [5, 5.41) is 16.6. The van der Waals surface area contributed by atoms with E-state index in [1.54, 1.807) is 0 Å². The molecule has 0 saturated heterocycles.